The van der Waals surface area contributed by atoms with E-state index >= 15 is 0 Å². The van der Waals surface area contributed by atoms with Gasteiger partial charge in [-0.2, -0.15) is 4.98 Å². The number of H-pyrrole nitrogens is 1. The van der Waals surface area contributed by atoms with E-state index < -0.39 is 0 Å². The summed E-state index contributed by atoms with van der Waals surface area (Å²) in [7, 11) is 0. The fraction of sp³-hybridized carbons (Fsp3) is 0.231. The van der Waals surface area contributed by atoms with Gasteiger partial charge in [-0.25, -0.2) is 0 Å². The monoisotopic (exact) mass is 264 g/mol. The summed E-state index contributed by atoms with van der Waals surface area (Å²) in [6, 6.07) is 5.34. The first kappa shape index (κ1) is 12.6. The summed E-state index contributed by atoms with van der Waals surface area (Å²) in [5, 5.41) is 10.3. The summed E-state index contributed by atoms with van der Waals surface area (Å²) in [5.41, 5.74) is 1.58. The summed E-state index contributed by atoms with van der Waals surface area (Å²) in [6.07, 6.45) is 0.434. The van der Waals surface area contributed by atoms with Crippen molar-refractivity contribution in [3.05, 3.63) is 44.7 Å². The maximum atomic E-state index is 11.7. The van der Waals surface area contributed by atoms with Crippen LogP contribution in [0.4, 0.5) is 0 Å². The molecule has 1 aromatic heterocycles. The molecule has 0 aliphatic heterocycles. The van der Waals surface area contributed by atoms with E-state index in [1.807, 2.05) is 13.0 Å². The molecule has 2 rings (SSSR count). The Bertz CT molecular complexity index is 650. The van der Waals surface area contributed by atoms with Gasteiger partial charge in [0.1, 0.15) is 5.82 Å². The number of aryl methyl sites for hydroxylation is 1. The molecule has 1 heterocycles. The molecule has 0 saturated heterocycles. The Morgan fingerprint density at radius 2 is 2.17 bits per heavy atom. The van der Waals surface area contributed by atoms with Gasteiger partial charge in [-0.3, -0.25) is 4.79 Å². The maximum Gasteiger partial charge on any atom is 0.258 e. The largest absolute Gasteiger partial charge is 0.493 e. The third-order valence-corrected chi connectivity index (χ3v) is 3.20. The Morgan fingerprint density at radius 3 is 2.72 bits per heavy atom. The molecule has 2 aromatic rings. The Kier molecular flexibility index (Phi) is 3.39. The van der Waals surface area contributed by atoms with Crippen LogP contribution in [0.3, 0.4) is 0 Å². The SMILES string of the molecule is CCc1c(O)nc(-c2ccc(C)c(Cl)c2)[nH]c1=O. The van der Waals surface area contributed by atoms with Crippen LogP contribution in [0.2, 0.25) is 5.02 Å². The topological polar surface area (TPSA) is 66.0 Å². The normalized spacial score (nSPS) is 10.6. The van der Waals surface area contributed by atoms with Crippen molar-refractivity contribution in [1.82, 2.24) is 9.97 Å². The van der Waals surface area contributed by atoms with Crippen LogP contribution < -0.4 is 5.56 Å². The van der Waals surface area contributed by atoms with Crippen molar-refractivity contribution in [2.45, 2.75) is 20.3 Å². The highest BCUT2D eigenvalue weighted by atomic mass is 35.5. The number of hydrogen-bond acceptors (Lipinski definition) is 3. The Hall–Kier alpha value is -1.81. The average molecular weight is 265 g/mol. The van der Waals surface area contributed by atoms with Gasteiger partial charge in [-0.05, 0) is 25.0 Å². The zero-order chi connectivity index (χ0) is 13.3. The fourth-order valence-corrected chi connectivity index (χ4v) is 1.86. The summed E-state index contributed by atoms with van der Waals surface area (Å²) >= 11 is 6.02. The van der Waals surface area contributed by atoms with Gasteiger partial charge in [0.2, 0.25) is 5.88 Å². The lowest BCUT2D eigenvalue weighted by Gasteiger charge is -2.06. The van der Waals surface area contributed by atoms with E-state index in [1.165, 1.54) is 0 Å². The van der Waals surface area contributed by atoms with E-state index in [-0.39, 0.29) is 17.0 Å². The zero-order valence-electron chi connectivity index (χ0n) is 10.1. The molecule has 0 aliphatic carbocycles. The lowest BCUT2D eigenvalue weighted by Crippen LogP contribution is -2.14. The van der Waals surface area contributed by atoms with E-state index in [4.69, 9.17) is 11.6 Å². The molecule has 0 atom stereocenters. The van der Waals surface area contributed by atoms with Crippen molar-refractivity contribution < 1.29 is 5.11 Å². The Morgan fingerprint density at radius 1 is 1.44 bits per heavy atom. The molecular weight excluding hydrogens is 252 g/mol. The van der Waals surface area contributed by atoms with E-state index in [0.717, 1.165) is 5.56 Å². The molecule has 1 aromatic carbocycles. The van der Waals surface area contributed by atoms with Crippen molar-refractivity contribution in [1.29, 1.82) is 0 Å². The second kappa shape index (κ2) is 4.82. The molecule has 0 fully saturated rings. The molecule has 0 unspecified atom stereocenters. The van der Waals surface area contributed by atoms with Crippen LogP contribution in [0, 0.1) is 6.92 Å². The van der Waals surface area contributed by atoms with Gasteiger partial charge in [0.25, 0.3) is 5.56 Å². The molecule has 94 valence electrons. The molecule has 5 heteroatoms. The van der Waals surface area contributed by atoms with Crippen molar-refractivity contribution in [2.75, 3.05) is 0 Å². The number of nitrogens with one attached hydrogen (secondary N) is 1. The second-order valence-electron chi connectivity index (χ2n) is 4.03. The van der Waals surface area contributed by atoms with Crippen LogP contribution in [-0.4, -0.2) is 15.1 Å². The summed E-state index contributed by atoms with van der Waals surface area (Å²) in [4.78, 5) is 18.4. The predicted octanol–water partition coefficient (Wildman–Crippen LogP) is 2.67. The number of rotatable bonds is 2. The van der Waals surface area contributed by atoms with Gasteiger partial charge in [0.15, 0.2) is 0 Å². The van der Waals surface area contributed by atoms with Gasteiger partial charge in [0.05, 0.1) is 5.56 Å². The highest BCUT2D eigenvalue weighted by Crippen LogP contribution is 2.23. The van der Waals surface area contributed by atoms with E-state index in [0.29, 0.717) is 22.8 Å². The minimum atomic E-state index is -0.323. The first-order valence-electron chi connectivity index (χ1n) is 5.61. The number of nitrogens with zero attached hydrogens (tertiary/aromatic N) is 1. The highest BCUT2D eigenvalue weighted by molar-refractivity contribution is 6.31. The van der Waals surface area contributed by atoms with Crippen LogP contribution in [0.25, 0.3) is 11.4 Å². The quantitative estimate of drug-likeness (QED) is 0.876. The molecule has 2 N–H and O–H groups in total. The standard InChI is InChI=1S/C13H13ClN2O2/c1-3-9-12(17)15-11(16-13(9)18)8-5-4-7(2)10(14)6-8/h4-6H,3H2,1-2H3,(H2,15,16,17,18). The number of halogens is 1. The minimum absolute atomic E-state index is 0.229. The Labute approximate surface area is 109 Å². The van der Waals surface area contributed by atoms with Crippen LogP contribution in [0.15, 0.2) is 23.0 Å². The van der Waals surface area contributed by atoms with Crippen molar-refractivity contribution in [3.8, 4) is 17.3 Å². The maximum absolute atomic E-state index is 11.7. The van der Waals surface area contributed by atoms with Crippen LogP contribution in [0.1, 0.15) is 18.1 Å². The first-order valence-corrected chi connectivity index (χ1v) is 5.99. The summed E-state index contributed by atoms with van der Waals surface area (Å²) in [6.45, 7) is 3.67. The molecule has 0 aliphatic rings. The van der Waals surface area contributed by atoms with E-state index in [1.54, 1.807) is 19.1 Å². The third-order valence-electron chi connectivity index (χ3n) is 2.79. The predicted molar refractivity (Wildman–Crippen MR) is 71.1 cm³/mol. The molecule has 0 radical (unpaired) electrons. The van der Waals surface area contributed by atoms with Gasteiger partial charge in [0, 0.05) is 10.6 Å². The summed E-state index contributed by atoms with van der Waals surface area (Å²) in [5.74, 6) is 0.0875. The smallest absolute Gasteiger partial charge is 0.258 e. The van der Waals surface area contributed by atoms with Crippen LogP contribution in [0.5, 0.6) is 5.88 Å². The van der Waals surface area contributed by atoms with Gasteiger partial charge < -0.3 is 10.1 Å². The Balaban J connectivity index is 2.58. The van der Waals surface area contributed by atoms with E-state index in [2.05, 4.69) is 9.97 Å². The fourth-order valence-electron chi connectivity index (χ4n) is 1.68. The molecule has 0 saturated carbocycles. The number of aromatic hydroxyl groups is 1. The number of benzene rings is 1. The number of hydrogen-bond donors (Lipinski definition) is 2. The third kappa shape index (κ3) is 2.24. The second-order valence-corrected chi connectivity index (χ2v) is 4.44. The molecular formula is C13H13ClN2O2. The zero-order valence-corrected chi connectivity index (χ0v) is 10.9. The molecule has 0 spiro atoms. The van der Waals surface area contributed by atoms with Crippen LogP contribution in [-0.2, 0) is 6.42 Å². The van der Waals surface area contributed by atoms with Gasteiger partial charge >= 0.3 is 0 Å². The van der Waals surface area contributed by atoms with E-state index in [9.17, 15) is 9.90 Å². The molecule has 18 heavy (non-hydrogen) atoms. The first-order chi connectivity index (χ1) is 8.52. The minimum Gasteiger partial charge on any atom is -0.493 e. The van der Waals surface area contributed by atoms with Gasteiger partial charge in [-0.15, -0.1) is 0 Å². The molecule has 0 bridgehead atoms. The lowest BCUT2D eigenvalue weighted by atomic mass is 10.1. The summed E-state index contributed by atoms with van der Waals surface area (Å²) < 4.78 is 0. The lowest BCUT2D eigenvalue weighted by molar-refractivity contribution is 0.444. The van der Waals surface area contributed by atoms with Gasteiger partial charge in [-0.1, -0.05) is 30.7 Å². The number of aromatic amines is 1. The highest BCUT2D eigenvalue weighted by Gasteiger charge is 2.10. The van der Waals surface area contributed by atoms with Crippen molar-refractivity contribution in [2.24, 2.45) is 0 Å². The molecule has 4 nitrogen and oxygen atoms in total. The van der Waals surface area contributed by atoms with Crippen molar-refractivity contribution in [3.63, 3.8) is 0 Å². The molecule has 0 amide bonds. The van der Waals surface area contributed by atoms with Crippen LogP contribution >= 0.6 is 11.6 Å². The average Bonchev–Trinajstić information content (AvgIpc) is 2.32. The van der Waals surface area contributed by atoms with Crippen molar-refractivity contribution >= 4 is 11.6 Å². The number of aromatic nitrogens is 2.